The molecule has 0 bridgehead atoms. The van der Waals surface area contributed by atoms with Gasteiger partial charge in [-0.3, -0.25) is 0 Å². The van der Waals surface area contributed by atoms with Crippen molar-refractivity contribution in [3.63, 3.8) is 0 Å². The van der Waals surface area contributed by atoms with Crippen LogP contribution in [0.25, 0.3) is 0 Å². The molecule has 7 heavy (non-hydrogen) atoms. The second kappa shape index (κ2) is 9.73. The van der Waals surface area contributed by atoms with Gasteiger partial charge in [0, 0.05) is 0 Å². The number of rotatable bonds is 0. The predicted molar refractivity (Wildman–Crippen MR) is 13.8 cm³/mol. The van der Waals surface area contributed by atoms with E-state index in [1.165, 1.54) is 6.92 Å². The van der Waals surface area contributed by atoms with Crippen molar-refractivity contribution in [2.24, 2.45) is 0 Å². The first-order chi connectivity index (χ1) is 2.27. The zero-order valence-corrected chi connectivity index (χ0v) is 4.89. The normalized spacial score (nSPS) is 4.71. The van der Waals surface area contributed by atoms with Gasteiger partial charge in [0.15, 0.2) is 0 Å². The van der Waals surface area contributed by atoms with Crippen LogP contribution in [0.4, 0.5) is 0 Å². The van der Waals surface area contributed by atoms with Crippen molar-refractivity contribution in [3.05, 3.63) is 12.0 Å². The van der Waals surface area contributed by atoms with Gasteiger partial charge in [-0.15, -0.1) is 6.08 Å². The van der Waals surface area contributed by atoms with Gasteiger partial charge in [0.25, 0.3) is 0 Å². The first-order valence-corrected chi connectivity index (χ1v) is 1.27. The molecule has 0 heterocycles. The van der Waals surface area contributed by atoms with Crippen LogP contribution >= 0.6 is 0 Å². The molecule has 0 N–H and O–H groups in total. The molecule has 0 aromatic carbocycles. The molecule has 0 saturated heterocycles. The van der Waals surface area contributed by atoms with E-state index in [2.05, 4.69) is 0 Å². The Bertz CT molecular complexity index is 48.9. The smallest absolute Gasteiger partial charge is 0.884 e. The molecule has 4 heteroatoms. The van der Waals surface area contributed by atoms with E-state index in [0.717, 1.165) is 6.08 Å². The van der Waals surface area contributed by atoms with Gasteiger partial charge in [0.1, 0.15) is 0 Å². The summed E-state index contributed by atoms with van der Waals surface area (Å²) in [5.41, 5.74) is 0. The first-order valence-electron chi connectivity index (χ1n) is 1.27. The monoisotopic (exact) mass is 86.1 g/mol. The van der Waals surface area contributed by atoms with E-state index in [0.29, 0.717) is 0 Å². The first kappa shape index (κ1) is 15.6. The molecule has 2 nitrogen and oxygen atoms in total. The van der Waals surface area contributed by atoms with Crippen LogP contribution in [-0.4, -0.2) is 0 Å². The van der Waals surface area contributed by atoms with Crippen LogP contribution in [0.5, 0.6) is 0 Å². The molecule has 0 aliphatic carbocycles. The van der Waals surface area contributed by atoms with Crippen molar-refractivity contribution >= 4 is 0 Å². The zero-order chi connectivity index (χ0) is 4.28. The molecule has 0 fully saturated rings. The van der Waals surface area contributed by atoms with Gasteiger partial charge in [-0.1, -0.05) is 0 Å². The fourth-order valence-corrected chi connectivity index (χ4v) is 0. The molecule has 0 unspecified atom stereocenters. The van der Waals surface area contributed by atoms with Crippen LogP contribution in [0.2, 0.25) is 0 Å². The Kier molecular flexibility index (Phi) is 21.8. The Hall–Kier alpha value is 0.535. The van der Waals surface area contributed by atoms with Crippen LogP contribution in [0.3, 0.4) is 0 Å². The van der Waals surface area contributed by atoms with Crippen LogP contribution in [0.15, 0.2) is 12.0 Å². The summed E-state index contributed by atoms with van der Waals surface area (Å²) in [6, 6.07) is 0. The minimum absolute atomic E-state index is 0. The Balaban J connectivity index is -0.0000000800. The Labute approximate surface area is 67.0 Å². The summed E-state index contributed by atoms with van der Waals surface area (Å²) in [4.78, 5) is 0. The molecule has 0 aliphatic heterocycles. The Morgan fingerprint density at radius 1 is 1.29 bits per heavy atom. The van der Waals surface area contributed by atoms with Gasteiger partial charge in [-0.2, -0.15) is 0 Å². The number of allylic oxidation sites excluding steroid dienone is 1. The zero-order valence-electron chi connectivity index (χ0n) is 4.89. The van der Waals surface area contributed by atoms with Crippen molar-refractivity contribution in [2.75, 3.05) is 0 Å². The fourth-order valence-electron chi connectivity index (χ4n) is 0. The van der Waals surface area contributed by atoms with Gasteiger partial charge < -0.3 is 10.2 Å². The van der Waals surface area contributed by atoms with Crippen molar-refractivity contribution in [1.29, 1.82) is 0 Å². The quantitative estimate of drug-likeness (QED) is 0.217. The summed E-state index contributed by atoms with van der Waals surface area (Å²) in [6.45, 7) is 1.41. The third-order valence-corrected chi connectivity index (χ3v) is 0.236. The second-order valence-electron chi connectivity index (χ2n) is 0.608. The topological polar surface area (TPSA) is 46.1 Å². The molecule has 0 rings (SSSR count). The molecule has 0 amide bonds. The van der Waals surface area contributed by atoms with Crippen molar-refractivity contribution < 1.29 is 47.9 Å². The average Bonchev–Trinajstić information content (AvgIpc) is 1.38. The molecule has 0 aromatic rings. The van der Waals surface area contributed by atoms with E-state index in [1.54, 1.807) is 0 Å². The van der Waals surface area contributed by atoms with E-state index in [9.17, 15) is 10.2 Å². The Morgan fingerprint density at radius 2 is 1.43 bits per heavy atom. The maximum atomic E-state index is 9.20. The maximum absolute atomic E-state index is 9.20. The average molecular weight is 85.9 g/mol. The van der Waals surface area contributed by atoms with E-state index in [1.807, 2.05) is 0 Å². The van der Waals surface area contributed by atoms with E-state index in [4.69, 9.17) is 0 Å². The third kappa shape index (κ3) is 20.9. The van der Waals surface area contributed by atoms with Gasteiger partial charge >= 0.3 is 37.7 Å². The molecular weight excluding hydrogens is 81.9 g/mol. The van der Waals surface area contributed by atoms with Crippen molar-refractivity contribution in [2.45, 2.75) is 6.92 Å². The van der Waals surface area contributed by atoms with E-state index in [-0.39, 0.29) is 37.7 Å². The third-order valence-electron chi connectivity index (χ3n) is 0.236. The summed E-state index contributed by atoms with van der Waals surface area (Å²) in [6.07, 6.45) is 0.972. The van der Waals surface area contributed by atoms with Gasteiger partial charge in [0.05, 0.1) is 0 Å². The summed E-state index contributed by atoms with van der Waals surface area (Å²) in [7, 11) is 0. The van der Waals surface area contributed by atoms with Crippen LogP contribution in [-0.2, 0) is 0 Å². The summed E-state index contributed by atoms with van der Waals surface area (Å²) in [5.74, 6) is -1.12. The SMILES string of the molecule is CC=C([O-])[O-].[Li+].[Li+]. The molecule has 0 radical (unpaired) electrons. The number of hydrogen-bond donors (Lipinski definition) is 0. The van der Waals surface area contributed by atoms with E-state index < -0.39 is 5.95 Å². The fraction of sp³-hybridized carbons (Fsp3) is 0.333. The molecule has 0 aliphatic rings. The molecule has 30 valence electrons. The van der Waals surface area contributed by atoms with Gasteiger partial charge in [-0.25, -0.2) is 5.95 Å². The van der Waals surface area contributed by atoms with Crippen LogP contribution in [0, 0.1) is 0 Å². The largest absolute Gasteiger partial charge is 1.00 e. The van der Waals surface area contributed by atoms with Crippen LogP contribution < -0.4 is 47.9 Å². The summed E-state index contributed by atoms with van der Waals surface area (Å²) < 4.78 is 0. The minimum Gasteiger partial charge on any atom is -0.884 e. The van der Waals surface area contributed by atoms with Crippen LogP contribution in [0.1, 0.15) is 6.92 Å². The standard InChI is InChI=1S/C3H6O2.2Li/c1-2-3(4)5;;/h2,4-5H,1H3;;/q;2*+1/p-2. The maximum Gasteiger partial charge on any atom is 1.00 e. The summed E-state index contributed by atoms with van der Waals surface area (Å²) >= 11 is 0. The minimum atomic E-state index is -1.12. The van der Waals surface area contributed by atoms with Crippen molar-refractivity contribution in [1.82, 2.24) is 0 Å². The summed E-state index contributed by atoms with van der Waals surface area (Å²) in [5, 5.41) is 18.4. The second-order valence-corrected chi connectivity index (χ2v) is 0.608. The van der Waals surface area contributed by atoms with Gasteiger partial charge in [-0.05, 0) is 6.92 Å². The Morgan fingerprint density at radius 3 is 1.43 bits per heavy atom. The molecule has 0 aromatic heterocycles. The number of hydrogen-bond acceptors (Lipinski definition) is 2. The van der Waals surface area contributed by atoms with E-state index >= 15 is 0 Å². The van der Waals surface area contributed by atoms with Crippen molar-refractivity contribution in [3.8, 4) is 0 Å². The molecule has 0 atom stereocenters. The predicted octanol–water partition coefficient (Wildman–Crippen LogP) is -7.42. The molecule has 0 spiro atoms. The molecular formula is C3H4Li2O2. The molecule has 0 saturated carbocycles. The van der Waals surface area contributed by atoms with Gasteiger partial charge in [0.2, 0.25) is 0 Å².